The van der Waals surface area contributed by atoms with Crippen molar-refractivity contribution >= 4 is 33.8 Å². The van der Waals surface area contributed by atoms with Crippen LogP contribution >= 0.6 is 27.5 Å². The summed E-state index contributed by atoms with van der Waals surface area (Å²) in [4.78, 5) is 11.0. The first-order valence-electron chi connectivity index (χ1n) is 5.25. The topological polar surface area (TPSA) is 44.1 Å². The second-order valence-corrected chi connectivity index (χ2v) is 5.11. The summed E-state index contributed by atoms with van der Waals surface area (Å²) < 4.78 is 20.9. The molecule has 0 spiro atoms. The van der Waals surface area contributed by atoms with Gasteiger partial charge in [-0.3, -0.25) is 4.79 Å². The van der Waals surface area contributed by atoms with Crippen molar-refractivity contribution in [2.24, 2.45) is 7.05 Å². The van der Waals surface area contributed by atoms with E-state index in [4.69, 9.17) is 16.3 Å². The van der Waals surface area contributed by atoms with Crippen LogP contribution in [0, 0.1) is 12.7 Å². The lowest BCUT2D eigenvalue weighted by atomic mass is 10.3. The molecule has 0 radical (unpaired) electrons. The number of hydrogen-bond donors (Lipinski definition) is 0. The second kappa shape index (κ2) is 5.30. The first-order valence-corrected chi connectivity index (χ1v) is 6.42. The molecule has 19 heavy (non-hydrogen) atoms. The molecule has 0 unspecified atom stereocenters. The van der Waals surface area contributed by atoms with E-state index in [2.05, 4.69) is 21.0 Å². The molecule has 7 heteroatoms. The fourth-order valence-corrected chi connectivity index (χ4v) is 2.32. The lowest BCUT2D eigenvalue weighted by Crippen LogP contribution is -1.97. The summed E-state index contributed by atoms with van der Waals surface area (Å²) in [6, 6.07) is 2.53. The Morgan fingerprint density at radius 3 is 2.84 bits per heavy atom. The van der Waals surface area contributed by atoms with Gasteiger partial charge in [0.2, 0.25) is 5.88 Å². The minimum absolute atomic E-state index is 0.0176. The van der Waals surface area contributed by atoms with Crippen molar-refractivity contribution in [3.8, 4) is 11.6 Å². The average molecular weight is 348 g/mol. The highest BCUT2D eigenvalue weighted by atomic mass is 79.9. The van der Waals surface area contributed by atoms with Gasteiger partial charge in [-0.2, -0.15) is 5.10 Å². The van der Waals surface area contributed by atoms with Gasteiger partial charge in [0, 0.05) is 13.1 Å². The van der Waals surface area contributed by atoms with Gasteiger partial charge >= 0.3 is 0 Å². The van der Waals surface area contributed by atoms with Crippen molar-refractivity contribution in [2.75, 3.05) is 0 Å². The van der Waals surface area contributed by atoms with Gasteiger partial charge in [-0.1, -0.05) is 11.6 Å². The van der Waals surface area contributed by atoms with Gasteiger partial charge < -0.3 is 4.74 Å². The fourth-order valence-electron chi connectivity index (χ4n) is 1.60. The molecule has 0 saturated heterocycles. The van der Waals surface area contributed by atoms with Crippen LogP contribution in [0.1, 0.15) is 16.1 Å². The van der Waals surface area contributed by atoms with Crippen LogP contribution in [-0.4, -0.2) is 16.1 Å². The Morgan fingerprint density at radius 2 is 2.21 bits per heavy atom. The summed E-state index contributed by atoms with van der Waals surface area (Å²) in [5.41, 5.74) is 0.864. The number of rotatable bonds is 3. The number of aryl methyl sites for hydroxylation is 2. The molecule has 0 aliphatic rings. The molecule has 2 aromatic rings. The van der Waals surface area contributed by atoms with Crippen LogP contribution < -0.4 is 4.74 Å². The fraction of sp³-hybridized carbons (Fsp3) is 0.167. The second-order valence-electron chi connectivity index (χ2n) is 3.84. The average Bonchev–Trinajstić information content (AvgIpc) is 2.60. The molecular weight excluding hydrogens is 338 g/mol. The highest BCUT2D eigenvalue weighted by Crippen LogP contribution is 2.35. The van der Waals surface area contributed by atoms with Gasteiger partial charge in [-0.05, 0) is 28.9 Å². The minimum Gasteiger partial charge on any atom is -0.437 e. The van der Waals surface area contributed by atoms with Crippen LogP contribution in [-0.2, 0) is 7.05 Å². The van der Waals surface area contributed by atoms with Crippen LogP contribution in [0.4, 0.5) is 4.39 Å². The lowest BCUT2D eigenvalue weighted by Gasteiger charge is -2.09. The first-order chi connectivity index (χ1) is 8.93. The van der Waals surface area contributed by atoms with Gasteiger partial charge in [0.25, 0.3) is 0 Å². The number of ether oxygens (including phenoxy) is 1. The van der Waals surface area contributed by atoms with E-state index in [1.165, 1.54) is 10.7 Å². The lowest BCUT2D eigenvalue weighted by molar-refractivity contribution is 0.112. The number of benzene rings is 1. The maximum absolute atomic E-state index is 13.4. The molecule has 0 atom stereocenters. The maximum atomic E-state index is 13.4. The van der Waals surface area contributed by atoms with E-state index in [1.807, 2.05) is 0 Å². The summed E-state index contributed by atoms with van der Waals surface area (Å²) in [6.07, 6.45) is 0.651. The van der Waals surface area contributed by atoms with Crippen LogP contribution in [0.5, 0.6) is 11.6 Å². The third-order valence-electron chi connectivity index (χ3n) is 2.51. The van der Waals surface area contributed by atoms with Gasteiger partial charge in [0.15, 0.2) is 6.29 Å². The Kier molecular flexibility index (Phi) is 3.91. The molecule has 0 fully saturated rings. The van der Waals surface area contributed by atoms with Crippen molar-refractivity contribution in [2.45, 2.75) is 6.92 Å². The van der Waals surface area contributed by atoms with Crippen LogP contribution in [0.3, 0.4) is 0 Å². The standard InChI is InChI=1S/C12H9BrClFN2O2/c1-6-7(5-18)12(17(2)16-6)19-11-4-10(15)9(14)3-8(11)13/h3-5H,1-2H3. The molecule has 2 rings (SSSR count). The highest BCUT2D eigenvalue weighted by molar-refractivity contribution is 9.10. The summed E-state index contributed by atoms with van der Waals surface area (Å²) >= 11 is 8.87. The van der Waals surface area contributed by atoms with E-state index >= 15 is 0 Å². The zero-order valence-electron chi connectivity index (χ0n) is 10.1. The minimum atomic E-state index is -0.605. The van der Waals surface area contributed by atoms with Crippen LogP contribution in [0.15, 0.2) is 16.6 Å². The number of hydrogen-bond acceptors (Lipinski definition) is 3. The molecule has 1 aromatic carbocycles. The largest absolute Gasteiger partial charge is 0.437 e. The maximum Gasteiger partial charge on any atom is 0.228 e. The number of nitrogens with zero attached hydrogens (tertiary/aromatic N) is 2. The zero-order valence-corrected chi connectivity index (χ0v) is 12.4. The summed E-state index contributed by atoms with van der Waals surface area (Å²) in [5.74, 6) is -0.144. The Labute approximate surface area is 122 Å². The SMILES string of the molecule is Cc1nn(C)c(Oc2cc(F)c(Cl)cc2Br)c1C=O. The number of halogens is 3. The van der Waals surface area contributed by atoms with Crippen molar-refractivity contribution < 1.29 is 13.9 Å². The third kappa shape index (κ3) is 2.64. The predicted octanol–water partition coefficient (Wildman–Crippen LogP) is 3.89. The van der Waals surface area contributed by atoms with E-state index in [1.54, 1.807) is 14.0 Å². The molecule has 4 nitrogen and oxygen atoms in total. The Balaban J connectivity index is 2.47. The highest BCUT2D eigenvalue weighted by Gasteiger charge is 2.17. The summed E-state index contributed by atoms with van der Waals surface area (Å²) in [5, 5.41) is 4.06. The molecule has 0 N–H and O–H groups in total. The molecule has 0 bridgehead atoms. The Hall–Kier alpha value is -1.40. The van der Waals surface area contributed by atoms with Crippen LogP contribution in [0.25, 0.3) is 0 Å². The number of aromatic nitrogens is 2. The van der Waals surface area contributed by atoms with E-state index in [-0.39, 0.29) is 16.7 Å². The summed E-state index contributed by atoms with van der Waals surface area (Å²) in [7, 11) is 1.63. The molecule has 100 valence electrons. The summed E-state index contributed by atoms with van der Waals surface area (Å²) in [6.45, 7) is 1.69. The van der Waals surface area contributed by atoms with Crippen molar-refractivity contribution in [3.63, 3.8) is 0 Å². The number of carbonyl (C=O) groups excluding carboxylic acids is 1. The van der Waals surface area contributed by atoms with E-state index in [0.29, 0.717) is 22.0 Å². The molecule has 0 saturated carbocycles. The van der Waals surface area contributed by atoms with Gasteiger partial charge in [-0.15, -0.1) is 0 Å². The normalized spacial score (nSPS) is 10.6. The molecule has 1 aromatic heterocycles. The first kappa shape index (κ1) is 14.0. The predicted molar refractivity (Wildman–Crippen MR) is 72.5 cm³/mol. The van der Waals surface area contributed by atoms with Gasteiger partial charge in [0.05, 0.1) is 20.8 Å². The van der Waals surface area contributed by atoms with E-state index in [0.717, 1.165) is 6.07 Å². The van der Waals surface area contributed by atoms with Gasteiger partial charge in [0.1, 0.15) is 11.6 Å². The molecule has 0 aliphatic carbocycles. The van der Waals surface area contributed by atoms with Crippen molar-refractivity contribution in [1.82, 2.24) is 9.78 Å². The number of aldehydes is 1. The van der Waals surface area contributed by atoms with Crippen molar-refractivity contribution in [3.05, 3.63) is 38.7 Å². The third-order valence-corrected chi connectivity index (χ3v) is 3.42. The quantitative estimate of drug-likeness (QED) is 0.625. The molecular formula is C12H9BrClFN2O2. The van der Waals surface area contributed by atoms with E-state index < -0.39 is 5.82 Å². The van der Waals surface area contributed by atoms with Gasteiger partial charge in [-0.25, -0.2) is 9.07 Å². The zero-order chi connectivity index (χ0) is 14.2. The molecule has 0 aliphatic heterocycles. The molecule has 1 heterocycles. The molecule has 0 amide bonds. The smallest absolute Gasteiger partial charge is 0.228 e. The Morgan fingerprint density at radius 1 is 1.53 bits per heavy atom. The van der Waals surface area contributed by atoms with E-state index in [9.17, 15) is 9.18 Å². The number of carbonyl (C=O) groups is 1. The van der Waals surface area contributed by atoms with Crippen LogP contribution in [0.2, 0.25) is 5.02 Å². The van der Waals surface area contributed by atoms with Crippen molar-refractivity contribution in [1.29, 1.82) is 0 Å². The Bertz CT molecular complexity index is 658. The monoisotopic (exact) mass is 346 g/mol.